The smallest absolute Gasteiger partial charge is 0.0944 e. The zero-order valence-electron chi connectivity index (χ0n) is 12.9. The molecule has 4 heterocycles. The van der Waals surface area contributed by atoms with Crippen molar-refractivity contribution >= 4 is 22.7 Å². The Labute approximate surface area is 149 Å². The van der Waals surface area contributed by atoms with Gasteiger partial charge in [-0.2, -0.15) is 0 Å². The molecule has 0 bridgehead atoms. The van der Waals surface area contributed by atoms with Crippen LogP contribution in [0.2, 0.25) is 0 Å². The minimum Gasteiger partial charge on any atom is -0.364 e. The molecule has 4 heteroatoms. The second-order valence-electron chi connectivity index (χ2n) is 5.44. The van der Waals surface area contributed by atoms with E-state index in [1.165, 1.54) is 9.75 Å². The van der Waals surface area contributed by atoms with Crippen LogP contribution in [0.25, 0.3) is 0 Å². The van der Waals surface area contributed by atoms with E-state index in [2.05, 4.69) is 69.0 Å². The highest BCUT2D eigenvalue weighted by Gasteiger charge is 2.16. The zero-order chi connectivity index (χ0) is 16.2. The number of nitrogens with one attached hydrogen (secondary N) is 2. The lowest BCUT2D eigenvalue weighted by atomic mass is 10.00. The van der Waals surface area contributed by atoms with Crippen LogP contribution in [0.15, 0.2) is 71.7 Å². The predicted molar refractivity (Wildman–Crippen MR) is 102 cm³/mol. The Kier molecular flexibility index (Phi) is 4.37. The Morgan fingerprint density at radius 1 is 0.667 bits per heavy atom. The fraction of sp³-hybridized carbons (Fsp3) is 0.100. The summed E-state index contributed by atoms with van der Waals surface area (Å²) < 4.78 is 0. The van der Waals surface area contributed by atoms with Crippen LogP contribution in [0.1, 0.15) is 33.0 Å². The van der Waals surface area contributed by atoms with Gasteiger partial charge in [0.15, 0.2) is 0 Å². The Bertz CT molecular complexity index is 761. The van der Waals surface area contributed by atoms with Gasteiger partial charge in [-0.15, -0.1) is 22.7 Å². The minimum atomic E-state index is 0.0809. The maximum absolute atomic E-state index is 3.52. The molecule has 0 aliphatic carbocycles. The summed E-state index contributed by atoms with van der Waals surface area (Å²) in [5.74, 6) is 7.20. The molecule has 118 valence electrons. The molecule has 0 aliphatic heterocycles. The van der Waals surface area contributed by atoms with Crippen LogP contribution in [0, 0.1) is 11.8 Å². The first-order chi connectivity index (χ1) is 11.9. The summed E-state index contributed by atoms with van der Waals surface area (Å²) in [5, 5.41) is 4.21. The second-order valence-corrected chi connectivity index (χ2v) is 7.40. The lowest BCUT2D eigenvalue weighted by Gasteiger charge is -2.09. The van der Waals surface area contributed by atoms with Crippen LogP contribution in [0.3, 0.4) is 0 Å². The first-order valence-corrected chi connectivity index (χ1v) is 9.52. The topological polar surface area (TPSA) is 31.6 Å². The van der Waals surface area contributed by atoms with Gasteiger partial charge in [0.05, 0.1) is 11.8 Å². The van der Waals surface area contributed by atoms with E-state index in [4.69, 9.17) is 0 Å². The number of aromatic amines is 2. The molecule has 4 aromatic rings. The third-order valence-electron chi connectivity index (χ3n) is 3.89. The van der Waals surface area contributed by atoms with Crippen molar-refractivity contribution in [3.05, 3.63) is 92.8 Å². The van der Waals surface area contributed by atoms with Crippen molar-refractivity contribution < 1.29 is 0 Å². The molecule has 0 saturated carbocycles. The predicted octanol–water partition coefficient (Wildman–Crippen LogP) is 5.43. The van der Waals surface area contributed by atoms with Gasteiger partial charge in [-0.25, -0.2) is 0 Å². The average molecular weight is 348 g/mol. The summed E-state index contributed by atoms with van der Waals surface area (Å²) >= 11 is 3.50. The highest BCUT2D eigenvalue weighted by Crippen LogP contribution is 2.30. The first kappa shape index (κ1) is 15.1. The molecule has 0 saturated heterocycles. The summed E-state index contributed by atoms with van der Waals surface area (Å²) in [6.45, 7) is 0. The Balaban J connectivity index is 1.73. The molecule has 2 N–H and O–H groups in total. The van der Waals surface area contributed by atoms with E-state index in [-0.39, 0.29) is 11.8 Å². The van der Waals surface area contributed by atoms with Gasteiger partial charge in [-0.3, -0.25) is 0 Å². The average Bonchev–Trinajstić information content (AvgIpc) is 3.42. The van der Waals surface area contributed by atoms with Crippen molar-refractivity contribution in [3.8, 4) is 11.8 Å². The van der Waals surface area contributed by atoms with Gasteiger partial charge in [0.1, 0.15) is 0 Å². The maximum atomic E-state index is 3.52. The highest BCUT2D eigenvalue weighted by atomic mass is 32.1. The summed E-state index contributed by atoms with van der Waals surface area (Å²) in [6.07, 6.45) is 3.92. The molecule has 0 radical (unpaired) electrons. The molecule has 0 fully saturated rings. The SMILES string of the molecule is C(#CC(c1ccc[nH]1)c1cccs1)C(c1ccc[nH]1)c1cccs1. The molecule has 0 spiro atoms. The van der Waals surface area contributed by atoms with Crippen molar-refractivity contribution in [3.63, 3.8) is 0 Å². The summed E-state index contributed by atoms with van der Waals surface area (Å²) in [5.41, 5.74) is 2.28. The van der Waals surface area contributed by atoms with Gasteiger partial charge < -0.3 is 9.97 Å². The van der Waals surface area contributed by atoms with Crippen molar-refractivity contribution in [1.82, 2.24) is 9.97 Å². The molecule has 2 atom stereocenters. The van der Waals surface area contributed by atoms with Crippen molar-refractivity contribution in [2.45, 2.75) is 11.8 Å². The Morgan fingerprint density at radius 2 is 1.17 bits per heavy atom. The van der Waals surface area contributed by atoms with Gasteiger partial charge in [0.25, 0.3) is 0 Å². The molecule has 4 rings (SSSR count). The van der Waals surface area contributed by atoms with E-state index in [1.807, 2.05) is 24.5 Å². The van der Waals surface area contributed by atoms with Crippen molar-refractivity contribution in [2.75, 3.05) is 0 Å². The third kappa shape index (κ3) is 3.09. The van der Waals surface area contributed by atoms with Crippen LogP contribution < -0.4 is 0 Å². The molecule has 2 unspecified atom stereocenters. The quantitative estimate of drug-likeness (QED) is 0.461. The maximum Gasteiger partial charge on any atom is 0.0944 e. The summed E-state index contributed by atoms with van der Waals surface area (Å²) in [7, 11) is 0. The minimum absolute atomic E-state index is 0.0809. The van der Waals surface area contributed by atoms with Crippen LogP contribution in [0.5, 0.6) is 0 Å². The molecule has 0 aromatic carbocycles. The normalized spacial score (nSPS) is 13.2. The van der Waals surface area contributed by atoms with Gasteiger partial charge >= 0.3 is 0 Å². The number of aromatic nitrogens is 2. The van der Waals surface area contributed by atoms with E-state index in [1.54, 1.807) is 22.7 Å². The van der Waals surface area contributed by atoms with E-state index in [0.717, 1.165) is 11.4 Å². The second kappa shape index (κ2) is 6.96. The summed E-state index contributed by atoms with van der Waals surface area (Å²) in [4.78, 5) is 9.17. The van der Waals surface area contributed by atoms with Gasteiger partial charge in [-0.1, -0.05) is 24.0 Å². The van der Waals surface area contributed by atoms with Crippen LogP contribution in [0.4, 0.5) is 0 Å². The fourth-order valence-electron chi connectivity index (χ4n) is 2.73. The summed E-state index contributed by atoms with van der Waals surface area (Å²) in [6, 6.07) is 16.7. The number of rotatable bonds is 4. The number of thiophene rings is 2. The highest BCUT2D eigenvalue weighted by molar-refractivity contribution is 7.10. The first-order valence-electron chi connectivity index (χ1n) is 7.76. The molecule has 2 nitrogen and oxygen atoms in total. The monoisotopic (exact) mass is 348 g/mol. The van der Waals surface area contributed by atoms with Crippen molar-refractivity contribution in [1.29, 1.82) is 0 Å². The van der Waals surface area contributed by atoms with E-state index in [0.29, 0.717) is 0 Å². The van der Waals surface area contributed by atoms with Crippen LogP contribution in [-0.2, 0) is 0 Å². The van der Waals surface area contributed by atoms with Crippen molar-refractivity contribution in [2.24, 2.45) is 0 Å². The lowest BCUT2D eigenvalue weighted by Crippen LogP contribution is -2.00. The molecule has 0 amide bonds. The number of hydrogen-bond donors (Lipinski definition) is 2. The van der Waals surface area contributed by atoms with Gasteiger partial charge in [0.2, 0.25) is 0 Å². The molecule has 4 aromatic heterocycles. The molecular weight excluding hydrogens is 332 g/mol. The van der Waals surface area contributed by atoms with E-state index >= 15 is 0 Å². The van der Waals surface area contributed by atoms with Crippen LogP contribution >= 0.6 is 22.7 Å². The largest absolute Gasteiger partial charge is 0.364 e. The van der Waals surface area contributed by atoms with E-state index in [9.17, 15) is 0 Å². The Hall–Kier alpha value is -2.48. The lowest BCUT2D eigenvalue weighted by molar-refractivity contribution is 1.00. The standard InChI is InChI=1S/C20H16N2S2/c1-5-17(21-11-1)15(19-7-3-13-23-19)9-10-16(18-6-2-12-22-18)20-8-4-14-24-20/h1-8,11-16,21-22H. The van der Waals surface area contributed by atoms with Gasteiger partial charge in [-0.05, 0) is 47.2 Å². The number of H-pyrrole nitrogens is 2. The Morgan fingerprint density at radius 3 is 1.50 bits per heavy atom. The van der Waals surface area contributed by atoms with E-state index < -0.39 is 0 Å². The molecule has 0 aliphatic rings. The van der Waals surface area contributed by atoms with Gasteiger partial charge in [0, 0.05) is 33.5 Å². The number of hydrogen-bond acceptors (Lipinski definition) is 2. The zero-order valence-corrected chi connectivity index (χ0v) is 14.5. The molecular formula is C20H16N2S2. The molecule has 24 heavy (non-hydrogen) atoms. The fourth-order valence-corrected chi connectivity index (χ4v) is 4.32. The van der Waals surface area contributed by atoms with Crippen LogP contribution in [-0.4, -0.2) is 9.97 Å². The third-order valence-corrected chi connectivity index (χ3v) is 5.77.